The molecule has 0 aliphatic carbocycles. The number of ketones is 1. The van der Waals surface area contributed by atoms with Crippen LogP contribution < -0.4 is 0 Å². The molecule has 2 aromatic rings. The summed E-state index contributed by atoms with van der Waals surface area (Å²) >= 11 is 0. The molecule has 0 saturated heterocycles. The molecule has 0 amide bonds. The smallest absolute Gasteiger partial charge is 0.169 e. The molecular formula is C13H14N2O2. The topological polar surface area (TPSA) is 56.0 Å². The summed E-state index contributed by atoms with van der Waals surface area (Å²) in [7, 11) is 0. The Morgan fingerprint density at radius 2 is 2.24 bits per heavy atom. The van der Waals surface area contributed by atoms with Crippen molar-refractivity contribution in [3.05, 3.63) is 47.2 Å². The normalized spacial score (nSPS) is 10.5. The van der Waals surface area contributed by atoms with Gasteiger partial charge in [0.05, 0.1) is 23.9 Å². The lowest BCUT2D eigenvalue weighted by atomic mass is 10.0. The Kier molecular flexibility index (Phi) is 3.32. The molecule has 0 aliphatic heterocycles. The molecule has 4 nitrogen and oxygen atoms in total. The minimum atomic E-state index is 0.0567. The van der Waals surface area contributed by atoms with Gasteiger partial charge < -0.3 is 4.42 Å². The first kappa shape index (κ1) is 11.5. The maximum absolute atomic E-state index is 12.1. The molecule has 0 radical (unpaired) electrons. The van der Waals surface area contributed by atoms with E-state index in [1.54, 1.807) is 24.7 Å². The molecule has 4 heteroatoms. The minimum Gasteiger partial charge on any atom is -0.472 e. The quantitative estimate of drug-likeness (QED) is 0.756. The SMILES string of the molecule is CCc1nnc(C)cc1C(=O)Cc1ccoc1. The molecule has 2 heterocycles. The van der Waals surface area contributed by atoms with E-state index in [-0.39, 0.29) is 5.78 Å². The molecule has 0 spiro atoms. The van der Waals surface area contributed by atoms with Gasteiger partial charge in [-0.15, -0.1) is 0 Å². The number of hydrogen-bond donors (Lipinski definition) is 0. The van der Waals surface area contributed by atoms with Crippen LogP contribution in [0.15, 0.2) is 29.1 Å². The van der Waals surface area contributed by atoms with E-state index in [0.717, 1.165) is 17.0 Å². The highest BCUT2D eigenvalue weighted by Crippen LogP contribution is 2.12. The van der Waals surface area contributed by atoms with Gasteiger partial charge in [0.15, 0.2) is 5.78 Å². The predicted octanol–water partition coefficient (Wildman–Crippen LogP) is 2.37. The second-order valence-corrected chi connectivity index (χ2v) is 3.93. The summed E-state index contributed by atoms with van der Waals surface area (Å²) in [6.07, 6.45) is 4.21. The Morgan fingerprint density at radius 1 is 1.41 bits per heavy atom. The van der Waals surface area contributed by atoms with Gasteiger partial charge in [0.25, 0.3) is 0 Å². The maximum Gasteiger partial charge on any atom is 0.169 e. The monoisotopic (exact) mass is 230 g/mol. The fourth-order valence-electron chi connectivity index (χ4n) is 1.69. The largest absolute Gasteiger partial charge is 0.472 e. The molecule has 0 fully saturated rings. The summed E-state index contributed by atoms with van der Waals surface area (Å²) in [6, 6.07) is 3.60. The molecule has 0 atom stereocenters. The highest BCUT2D eigenvalue weighted by Gasteiger charge is 2.13. The predicted molar refractivity (Wildman–Crippen MR) is 62.9 cm³/mol. The lowest BCUT2D eigenvalue weighted by Gasteiger charge is -2.05. The molecule has 0 aliphatic rings. The minimum absolute atomic E-state index is 0.0567. The summed E-state index contributed by atoms with van der Waals surface area (Å²) in [5.41, 5.74) is 3.06. The Labute approximate surface area is 99.7 Å². The second-order valence-electron chi connectivity index (χ2n) is 3.93. The first-order valence-corrected chi connectivity index (χ1v) is 5.58. The summed E-state index contributed by atoms with van der Waals surface area (Å²) in [5.74, 6) is 0.0567. The summed E-state index contributed by atoms with van der Waals surface area (Å²) < 4.78 is 4.95. The number of aromatic nitrogens is 2. The van der Waals surface area contributed by atoms with Crippen molar-refractivity contribution in [3.63, 3.8) is 0 Å². The number of furan rings is 1. The molecule has 17 heavy (non-hydrogen) atoms. The van der Waals surface area contributed by atoms with E-state index in [1.807, 2.05) is 13.8 Å². The number of aryl methyl sites for hydroxylation is 2. The Balaban J connectivity index is 2.26. The lowest BCUT2D eigenvalue weighted by molar-refractivity contribution is 0.0991. The number of carbonyl (C=O) groups is 1. The Morgan fingerprint density at radius 3 is 2.88 bits per heavy atom. The first-order valence-electron chi connectivity index (χ1n) is 5.58. The van der Waals surface area contributed by atoms with E-state index in [4.69, 9.17) is 4.42 Å². The van der Waals surface area contributed by atoms with Crippen LogP contribution in [0, 0.1) is 6.92 Å². The average molecular weight is 230 g/mol. The van der Waals surface area contributed by atoms with Crippen molar-refractivity contribution in [2.24, 2.45) is 0 Å². The zero-order chi connectivity index (χ0) is 12.3. The van der Waals surface area contributed by atoms with Crippen molar-refractivity contribution in [1.29, 1.82) is 0 Å². The average Bonchev–Trinajstić information content (AvgIpc) is 2.81. The Hall–Kier alpha value is -1.97. The molecular weight excluding hydrogens is 216 g/mol. The fraction of sp³-hybridized carbons (Fsp3) is 0.308. The maximum atomic E-state index is 12.1. The highest BCUT2D eigenvalue weighted by molar-refractivity contribution is 5.98. The molecule has 2 aromatic heterocycles. The van der Waals surface area contributed by atoms with Gasteiger partial charge in [0.1, 0.15) is 0 Å². The zero-order valence-electron chi connectivity index (χ0n) is 9.93. The summed E-state index contributed by atoms with van der Waals surface area (Å²) in [6.45, 7) is 3.80. The van der Waals surface area contributed by atoms with Gasteiger partial charge in [0, 0.05) is 12.0 Å². The van der Waals surface area contributed by atoms with E-state index in [0.29, 0.717) is 18.4 Å². The van der Waals surface area contributed by atoms with Crippen molar-refractivity contribution in [2.45, 2.75) is 26.7 Å². The van der Waals surface area contributed by atoms with E-state index in [1.165, 1.54) is 0 Å². The summed E-state index contributed by atoms with van der Waals surface area (Å²) in [4.78, 5) is 12.1. The van der Waals surface area contributed by atoms with E-state index < -0.39 is 0 Å². The van der Waals surface area contributed by atoms with Crippen LogP contribution >= 0.6 is 0 Å². The van der Waals surface area contributed by atoms with Crippen LogP contribution in [0.25, 0.3) is 0 Å². The van der Waals surface area contributed by atoms with Crippen molar-refractivity contribution >= 4 is 5.78 Å². The Bertz CT molecular complexity index is 518. The molecule has 2 rings (SSSR count). The van der Waals surface area contributed by atoms with Crippen LogP contribution in [0.1, 0.15) is 34.2 Å². The second kappa shape index (κ2) is 4.91. The van der Waals surface area contributed by atoms with E-state index >= 15 is 0 Å². The molecule has 88 valence electrons. The fourth-order valence-corrected chi connectivity index (χ4v) is 1.69. The van der Waals surface area contributed by atoms with Gasteiger partial charge in [-0.1, -0.05) is 6.92 Å². The molecule has 0 bridgehead atoms. The van der Waals surface area contributed by atoms with Crippen molar-refractivity contribution in [3.8, 4) is 0 Å². The number of Topliss-reactive ketones (excluding diaryl/α,β-unsaturated/α-hetero) is 1. The third-order valence-corrected chi connectivity index (χ3v) is 2.57. The van der Waals surface area contributed by atoms with Gasteiger partial charge in [-0.25, -0.2) is 0 Å². The standard InChI is InChI=1S/C13H14N2O2/c1-3-12-11(6-9(2)14-15-12)13(16)7-10-4-5-17-8-10/h4-6,8H,3,7H2,1-2H3. The number of hydrogen-bond acceptors (Lipinski definition) is 4. The highest BCUT2D eigenvalue weighted by atomic mass is 16.3. The van der Waals surface area contributed by atoms with Crippen molar-refractivity contribution < 1.29 is 9.21 Å². The molecule has 0 unspecified atom stereocenters. The molecule has 0 aromatic carbocycles. The van der Waals surface area contributed by atoms with Gasteiger partial charge in [0.2, 0.25) is 0 Å². The van der Waals surface area contributed by atoms with Gasteiger partial charge in [-0.05, 0) is 31.0 Å². The van der Waals surface area contributed by atoms with Crippen LogP contribution in [0.4, 0.5) is 0 Å². The van der Waals surface area contributed by atoms with Gasteiger partial charge in [-0.3, -0.25) is 4.79 Å². The lowest BCUT2D eigenvalue weighted by Crippen LogP contribution is -2.10. The van der Waals surface area contributed by atoms with Gasteiger partial charge >= 0.3 is 0 Å². The van der Waals surface area contributed by atoms with Gasteiger partial charge in [-0.2, -0.15) is 10.2 Å². The van der Waals surface area contributed by atoms with Crippen LogP contribution in [0.5, 0.6) is 0 Å². The van der Waals surface area contributed by atoms with Crippen LogP contribution in [0.2, 0.25) is 0 Å². The number of nitrogens with zero attached hydrogens (tertiary/aromatic N) is 2. The van der Waals surface area contributed by atoms with E-state index in [9.17, 15) is 4.79 Å². The first-order chi connectivity index (χ1) is 8.20. The van der Waals surface area contributed by atoms with E-state index in [2.05, 4.69) is 10.2 Å². The third kappa shape index (κ3) is 2.58. The molecule has 0 N–H and O–H groups in total. The number of rotatable bonds is 4. The van der Waals surface area contributed by atoms with Crippen molar-refractivity contribution in [1.82, 2.24) is 10.2 Å². The van der Waals surface area contributed by atoms with Crippen molar-refractivity contribution in [2.75, 3.05) is 0 Å². The summed E-state index contributed by atoms with van der Waals surface area (Å²) in [5, 5.41) is 8.02. The number of carbonyl (C=O) groups excluding carboxylic acids is 1. The third-order valence-electron chi connectivity index (χ3n) is 2.57. The molecule has 0 saturated carbocycles. The van der Waals surface area contributed by atoms with Crippen LogP contribution in [-0.2, 0) is 12.8 Å². The van der Waals surface area contributed by atoms with Crippen LogP contribution in [-0.4, -0.2) is 16.0 Å². The zero-order valence-corrected chi connectivity index (χ0v) is 9.93. The van der Waals surface area contributed by atoms with Crippen LogP contribution in [0.3, 0.4) is 0 Å².